The van der Waals surface area contributed by atoms with Crippen LogP contribution in [0.4, 0.5) is 5.82 Å². The fourth-order valence-electron chi connectivity index (χ4n) is 2.23. The van der Waals surface area contributed by atoms with Gasteiger partial charge in [0.25, 0.3) is 5.91 Å². The van der Waals surface area contributed by atoms with Crippen LogP contribution in [0.3, 0.4) is 0 Å². The summed E-state index contributed by atoms with van der Waals surface area (Å²) in [6.45, 7) is 0.282. The Morgan fingerprint density at radius 3 is 2.68 bits per heavy atom. The molecule has 0 aliphatic rings. The van der Waals surface area contributed by atoms with Crippen molar-refractivity contribution in [3.63, 3.8) is 0 Å². The summed E-state index contributed by atoms with van der Waals surface area (Å²) >= 11 is 5.88. The summed E-state index contributed by atoms with van der Waals surface area (Å²) in [5, 5.41) is 17.2. The van der Waals surface area contributed by atoms with E-state index >= 15 is 0 Å². The minimum atomic E-state index is -0.346. The smallest absolute Gasteiger partial charge is 0.263 e. The van der Waals surface area contributed by atoms with Crippen LogP contribution < -0.4 is 10.1 Å². The topological polar surface area (TPSA) is 76.4 Å². The van der Waals surface area contributed by atoms with E-state index in [4.69, 9.17) is 16.3 Å². The van der Waals surface area contributed by atoms with Crippen LogP contribution in [0.2, 0.25) is 5.02 Å². The molecule has 1 aromatic heterocycles. The Bertz CT molecular complexity index is 862. The maximum absolute atomic E-state index is 12.1. The van der Waals surface area contributed by atoms with Gasteiger partial charge in [0.1, 0.15) is 5.82 Å². The lowest BCUT2D eigenvalue weighted by atomic mass is 10.2. The number of aromatic nitrogens is 2. The second-order valence-corrected chi connectivity index (χ2v) is 5.74. The quantitative estimate of drug-likeness (QED) is 0.709. The first-order valence-corrected chi connectivity index (χ1v) is 7.96. The number of ether oxygens (including phenoxy) is 1. The van der Waals surface area contributed by atoms with Gasteiger partial charge in [-0.05, 0) is 29.8 Å². The first-order chi connectivity index (χ1) is 12.1. The number of carbonyl (C=O) groups is 1. The maximum Gasteiger partial charge on any atom is 0.263 e. The molecule has 1 heterocycles. The summed E-state index contributed by atoms with van der Waals surface area (Å²) in [5.41, 5.74) is 1.01. The van der Waals surface area contributed by atoms with Gasteiger partial charge in [0.15, 0.2) is 18.1 Å². The molecule has 0 aliphatic heterocycles. The number of phenolic OH excluding ortho intramolecular Hbond substituents is 1. The van der Waals surface area contributed by atoms with Crippen LogP contribution in [0.5, 0.6) is 11.5 Å². The predicted molar refractivity (Wildman–Crippen MR) is 95.0 cm³/mol. The Kier molecular flexibility index (Phi) is 5.20. The zero-order chi connectivity index (χ0) is 17.6. The van der Waals surface area contributed by atoms with Crippen molar-refractivity contribution >= 4 is 23.3 Å². The highest BCUT2D eigenvalue weighted by Gasteiger charge is 2.10. The molecule has 2 aromatic carbocycles. The SMILES string of the molecule is O=C(COc1ccccc1O)Nc1ccnn1Cc1ccc(Cl)cc1. The number of hydrogen-bond acceptors (Lipinski definition) is 4. The molecule has 25 heavy (non-hydrogen) atoms. The molecule has 0 aliphatic carbocycles. The average molecular weight is 358 g/mol. The summed E-state index contributed by atoms with van der Waals surface area (Å²) in [6, 6.07) is 15.6. The minimum Gasteiger partial charge on any atom is -0.504 e. The molecular formula is C18H16ClN3O3. The molecule has 0 saturated heterocycles. The van der Waals surface area contributed by atoms with Gasteiger partial charge in [-0.1, -0.05) is 35.9 Å². The van der Waals surface area contributed by atoms with Crippen LogP contribution >= 0.6 is 11.6 Å². The summed E-state index contributed by atoms with van der Waals surface area (Å²) in [4.78, 5) is 12.1. The summed E-state index contributed by atoms with van der Waals surface area (Å²) in [5.74, 6) is 0.456. The molecule has 0 radical (unpaired) electrons. The van der Waals surface area contributed by atoms with E-state index in [2.05, 4.69) is 10.4 Å². The number of phenols is 1. The second-order valence-electron chi connectivity index (χ2n) is 5.31. The van der Waals surface area contributed by atoms with Crippen LogP contribution in [0.15, 0.2) is 60.8 Å². The molecule has 3 rings (SSSR count). The Balaban J connectivity index is 1.59. The average Bonchev–Trinajstić information content (AvgIpc) is 3.03. The third-order valence-electron chi connectivity index (χ3n) is 3.45. The Hall–Kier alpha value is -2.99. The fourth-order valence-corrected chi connectivity index (χ4v) is 2.36. The normalized spacial score (nSPS) is 10.4. The van der Waals surface area contributed by atoms with E-state index in [1.807, 2.05) is 12.1 Å². The highest BCUT2D eigenvalue weighted by atomic mass is 35.5. The van der Waals surface area contributed by atoms with Gasteiger partial charge in [-0.3, -0.25) is 4.79 Å². The number of nitrogens with one attached hydrogen (secondary N) is 1. The highest BCUT2D eigenvalue weighted by molar-refractivity contribution is 6.30. The number of para-hydroxylation sites is 2. The monoisotopic (exact) mass is 357 g/mol. The minimum absolute atomic E-state index is 0.0110. The van der Waals surface area contributed by atoms with E-state index in [-0.39, 0.29) is 24.0 Å². The highest BCUT2D eigenvalue weighted by Crippen LogP contribution is 2.24. The van der Waals surface area contributed by atoms with E-state index < -0.39 is 0 Å². The van der Waals surface area contributed by atoms with E-state index in [9.17, 15) is 9.90 Å². The molecule has 0 spiro atoms. The standard InChI is InChI=1S/C18H16ClN3O3/c19-14-7-5-13(6-8-14)11-22-17(9-10-20-22)21-18(24)12-25-16-4-2-1-3-15(16)23/h1-10,23H,11-12H2,(H,21,24). The van der Waals surface area contributed by atoms with Crippen LogP contribution in [-0.2, 0) is 11.3 Å². The van der Waals surface area contributed by atoms with Crippen molar-refractivity contribution in [3.05, 3.63) is 71.4 Å². The van der Waals surface area contributed by atoms with E-state index in [0.29, 0.717) is 17.4 Å². The van der Waals surface area contributed by atoms with Crippen molar-refractivity contribution < 1.29 is 14.6 Å². The zero-order valence-corrected chi connectivity index (χ0v) is 14.0. The summed E-state index contributed by atoms with van der Waals surface area (Å²) in [6.07, 6.45) is 1.61. The van der Waals surface area contributed by atoms with Gasteiger partial charge in [-0.15, -0.1) is 0 Å². The summed E-state index contributed by atoms with van der Waals surface area (Å²) < 4.78 is 6.98. The number of rotatable bonds is 6. The van der Waals surface area contributed by atoms with Crippen molar-refractivity contribution in [1.82, 2.24) is 9.78 Å². The number of amides is 1. The van der Waals surface area contributed by atoms with Crippen LogP contribution in [0.1, 0.15) is 5.56 Å². The van der Waals surface area contributed by atoms with E-state index in [0.717, 1.165) is 5.56 Å². The molecule has 0 atom stereocenters. The van der Waals surface area contributed by atoms with Crippen molar-refractivity contribution in [1.29, 1.82) is 0 Å². The van der Waals surface area contributed by atoms with E-state index in [1.54, 1.807) is 47.3 Å². The number of nitrogens with zero attached hydrogens (tertiary/aromatic N) is 2. The van der Waals surface area contributed by atoms with Crippen molar-refractivity contribution in [2.45, 2.75) is 6.54 Å². The van der Waals surface area contributed by atoms with E-state index in [1.165, 1.54) is 6.07 Å². The molecule has 7 heteroatoms. The lowest BCUT2D eigenvalue weighted by Crippen LogP contribution is -2.22. The number of benzene rings is 2. The molecule has 0 fully saturated rings. The third kappa shape index (κ3) is 4.51. The van der Waals surface area contributed by atoms with Crippen LogP contribution in [-0.4, -0.2) is 27.4 Å². The lowest BCUT2D eigenvalue weighted by Gasteiger charge is -2.10. The third-order valence-corrected chi connectivity index (χ3v) is 3.71. The molecule has 1 amide bonds. The molecule has 0 saturated carbocycles. The number of aromatic hydroxyl groups is 1. The van der Waals surface area contributed by atoms with Gasteiger partial charge < -0.3 is 15.2 Å². The molecule has 2 N–H and O–H groups in total. The van der Waals surface area contributed by atoms with Gasteiger partial charge in [0, 0.05) is 11.1 Å². The first kappa shape index (κ1) is 16.9. The Labute approximate surface area is 149 Å². The second kappa shape index (κ2) is 7.72. The van der Waals surface area contributed by atoms with Gasteiger partial charge in [0.2, 0.25) is 0 Å². The molecule has 128 valence electrons. The largest absolute Gasteiger partial charge is 0.504 e. The molecule has 3 aromatic rings. The van der Waals surface area contributed by atoms with Gasteiger partial charge in [-0.25, -0.2) is 4.68 Å². The first-order valence-electron chi connectivity index (χ1n) is 7.59. The maximum atomic E-state index is 12.1. The Morgan fingerprint density at radius 1 is 1.16 bits per heavy atom. The van der Waals surface area contributed by atoms with Crippen molar-refractivity contribution in [3.8, 4) is 11.5 Å². The fraction of sp³-hybridized carbons (Fsp3) is 0.111. The molecule has 0 unspecified atom stereocenters. The molecule has 0 bridgehead atoms. The number of anilines is 1. The zero-order valence-electron chi connectivity index (χ0n) is 13.2. The number of hydrogen-bond donors (Lipinski definition) is 2. The van der Waals surface area contributed by atoms with Crippen LogP contribution in [0.25, 0.3) is 0 Å². The van der Waals surface area contributed by atoms with Gasteiger partial charge >= 0.3 is 0 Å². The number of halogens is 1. The van der Waals surface area contributed by atoms with Gasteiger partial charge in [0.05, 0.1) is 12.7 Å². The van der Waals surface area contributed by atoms with Gasteiger partial charge in [-0.2, -0.15) is 5.10 Å². The Morgan fingerprint density at radius 2 is 1.92 bits per heavy atom. The molecule has 6 nitrogen and oxygen atoms in total. The van der Waals surface area contributed by atoms with Crippen molar-refractivity contribution in [2.75, 3.05) is 11.9 Å². The number of carbonyl (C=O) groups excluding carboxylic acids is 1. The molecular weight excluding hydrogens is 342 g/mol. The van der Waals surface area contributed by atoms with Crippen LogP contribution in [0, 0.1) is 0 Å². The summed E-state index contributed by atoms with van der Waals surface area (Å²) in [7, 11) is 0. The van der Waals surface area contributed by atoms with Crippen molar-refractivity contribution in [2.24, 2.45) is 0 Å². The predicted octanol–water partition coefficient (Wildman–Crippen LogP) is 3.31. The lowest BCUT2D eigenvalue weighted by molar-refractivity contribution is -0.118.